The number of thioether (sulfide) groups is 1. The smallest absolute Gasteiger partial charge is 0.339 e. The Bertz CT molecular complexity index is 368. The molecule has 0 unspecified atom stereocenters. The van der Waals surface area contributed by atoms with E-state index in [1.807, 2.05) is 6.26 Å². The van der Waals surface area contributed by atoms with Crippen LogP contribution in [0.4, 0.5) is 0 Å². The summed E-state index contributed by atoms with van der Waals surface area (Å²) in [6.07, 6.45) is 2.94. The molecule has 1 rings (SSSR count). The van der Waals surface area contributed by atoms with Crippen LogP contribution >= 0.6 is 27.7 Å². The molecule has 0 fully saturated rings. The number of aromatic carboxylic acids is 1. The van der Waals surface area contributed by atoms with Crippen LogP contribution < -0.4 is 4.74 Å². The first-order chi connectivity index (χ1) is 7.65. The number of carbonyl (C=O) groups is 1. The second-order valence-electron chi connectivity index (χ2n) is 3.14. The van der Waals surface area contributed by atoms with Crippen LogP contribution in [-0.4, -0.2) is 29.7 Å². The summed E-state index contributed by atoms with van der Waals surface area (Å²) < 4.78 is 6.27. The lowest BCUT2D eigenvalue weighted by Gasteiger charge is -2.09. The number of rotatable bonds is 6. The van der Waals surface area contributed by atoms with Gasteiger partial charge in [0, 0.05) is 4.47 Å². The Hall–Kier alpha value is -0.680. The van der Waals surface area contributed by atoms with E-state index in [0.717, 1.165) is 16.6 Å². The minimum absolute atomic E-state index is 0.201. The zero-order chi connectivity index (χ0) is 12.0. The number of hydrogen-bond donors (Lipinski definition) is 1. The third kappa shape index (κ3) is 4.06. The van der Waals surface area contributed by atoms with Crippen molar-refractivity contribution in [1.29, 1.82) is 0 Å². The topological polar surface area (TPSA) is 46.5 Å². The molecule has 0 atom stereocenters. The van der Waals surface area contributed by atoms with Gasteiger partial charge in [0.25, 0.3) is 0 Å². The summed E-state index contributed by atoms with van der Waals surface area (Å²) in [5.74, 6) is 0.464. The van der Waals surface area contributed by atoms with Crippen molar-refractivity contribution in [2.45, 2.75) is 6.42 Å². The molecule has 1 aromatic carbocycles. The highest BCUT2D eigenvalue weighted by molar-refractivity contribution is 9.10. The third-order valence-corrected chi connectivity index (χ3v) is 3.11. The van der Waals surface area contributed by atoms with E-state index in [1.165, 1.54) is 6.07 Å². The van der Waals surface area contributed by atoms with Crippen LogP contribution in [0.5, 0.6) is 5.75 Å². The van der Waals surface area contributed by atoms with Gasteiger partial charge < -0.3 is 9.84 Å². The quantitative estimate of drug-likeness (QED) is 0.819. The third-order valence-electron chi connectivity index (χ3n) is 1.92. The predicted octanol–water partition coefficient (Wildman–Crippen LogP) is 3.28. The Kier molecular flexibility index (Phi) is 5.69. The highest BCUT2D eigenvalue weighted by Gasteiger charge is 2.11. The van der Waals surface area contributed by atoms with Crippen LogP contribution in [0.3, 0.4) is 0 Å². The van der Waals surface area contributed by atoms with E-state index in [0.29, 0.717) is 12.4 Å². The standard InChI is InChI=1S/C11H13BrO3S/c1-16-6-2-5-15-10-7-8(12)3-4-9(10)11(13)14/h3-4,7H,2,5-6H2,1H3,(H,13,14). The van der Waals surface area contributed by atoms with E-state index in [4.69, 9.17) is 9.84 Å². The second-order valence-corrected chi connectivity index (χ2v) is 5.04. The molecule has 0 spiro atoms. The Balaban J connectivity index is 2.68. The number of benzene rings is 1. The van der Waals surface area contributed by atoms with Crippen LogP contribution in [0.1, 0.15) is 16.8 Å². The van der Waals surface area contributed by atoms with Crippen molar-refractivity contribution < 1.29 is 14.6 Å². The van der Waals surface area contributed by atoms with Crippen LogP contribution in [0.2, 0.25) is 0 Å². The van der Waals surface area contributed by atoms with Crippen molar-refractivity contribution in [3.8, 4) is 5.75 Å². The lowest BCUT2D eigenvalue weighted by molar-refractivity contribution is 0.0692. The highest BCUT2D eigenvalue weighted by Crippen LogP contribution is 2.24. The van der Waals surface area contributed by atoms with Gasteiger partial charge in [-0.2, -0.15) is 11.8 Å². The lowest BCUT2D eigenvalue weighted by Crippen LogP contribution is -2.05. The summed E-state index contributed by atoms with van der Waals surface area (Å²) in [7, 11) is 0. The van der Waals surface area contributed by atoms with Gasteiger partial charge in [-0.25, -0.2) is 4.79 Å². The molecule has 3 nitrogen and oxygen atoms in total. The molecule has 1 aromatic rings. The molecule has 1 N–H and O–H groups in total. The number of hydrogen-bond acceptors (Lipinski definition) is 3. The Morgan fingerprint density at radius 3 is 2.94 bits per heavy atom. The monoisotopic (exact) mass is 304 g/mol. The minimum atomic E-state index is -0.965. The number of carboxylic acids is 1. The molecule has 0 bridgehead atoms. The van der Waals surface area contributed by atoms with Gasteiger partial charge in [-0.05, 0) is 36.6 Å². The fraction of sp³-hybridized carbons (Fsp3) is 0.364. The molecule has 88 valence electrons. The number of carboxylic acid groups (broad SMARTS) is 1. The van der Waals surface area contributed by atoms with E-state index >= 15 is 0 Å². The average Bonchev–Trinajstić information content (AvgIpc) is 2.24. The van der Waals surface area contributed by atoms with Crippen LogP contribution in [0.15, 0.2) is 22.7 Å². The van der Waals surface area contributed by atoms with Crippen molar-refractivity contribution in [3.05, 3.63) is 28.2 Å². The summed E-state index contributed by atoms with van der Waals surface area (Å²) in [6, 6.07) is 4.91. The maximum absolute atomic E-state index is 10.9. The Labute approximate surface area is 107 Å². The van der Waals surface area contributed by atoms with Crippen LogP contribution in [0.25, 0.3) is 0 Å². The van der Waals surface area contributed by atoms with E-state index < -0.39 is 5.97 Å². The van der Waals surface area contributed by atoms with Gasteiger partial charge in [-0.1, -0.05) is 15.9 Å². The van der Waals surface area contributed by atoms with E-state index in [1.54, 1.807) is 23.9 Å². The molecule has 5 heteroatoms. The molecule has 0 saturated heterocycles. The fourth-order valence-corrected chi connectivity index (χ4v) is 1.92. The molecule has 0 heterocycles. The van der Waals surface area contributed by atoms with Gasteiger partial charge >= 0.3 is 5.97 Å². The molecular weight excluding hydrogens is 292 g/mol. The zero-order valence-electron chi connectivity index (χ0n) is 8.90. The van der Waals surface area contributed by atoms with Gasteiger partial charge in [-0.3, -0.25) is 0 Å². The van der Waals surface area contributed by atoms with Gasteiger partial charge in [-0.15, -0.1) is 0 Å². The summed E-state index contributed by atoms with van der Waals surface area (Å²) in [5, 5.41) is 8.96. The molecular formula is C11H13BrO3S. The van der Waals surface area contributed by atoms with Crippen molar-refractivity contribution in [2.75, 3.05) is 18.6 Å². The van der Waals surface area contributed by atoms with Crippen molar-refractivity contribution in [1.82, 2.24) is 0 Å². The Morgan fingerprint density at radius 1 is 1.56 bits per heavy atom. The maximum Gasteiger partial charge on any atom is 0.339 e. The molecule has 0 aliphatic heterocycles. The summed E-state index contributed by atoms with van der Waals surface area (Å²) in [6.45, 7) is 0.539. The van der Waals surface area contributed by atoms with Crippen LogP contribution in [0, 0.1) is 0 Å². The summed E-state index contributed by atoms with van der Waals surface area (Å²) in [5.41, 5.74) is 0.201. The zero-order valence-corrected chi connectivity index (χ0v) is 11.3. The van der Waals surface area contributed by atoms with Gasteiger partial charge in [0.15, 0.2) is 0 Å². The first-order valence-corrected chi connectivity index (χ1v) is 6.98. The van der Waals surface area contributed by atoms with E-state index in [2.05, 4.69) is 15.9 Å². The molecule has 16 heavy (non-hydrogen) atoms. The predicted molar refractivity (Wildman–Crippen MR) is 69.6 cm³/mol. The molecule has 0 amide bonds. The minimum Gasteiger partial charge on any atom is -0.493 e. The molecule has 0 saturated carbocycles. The summed E-state index contributed by atoms with van der Waals surface area (Å²) in [4.78, 5) is 10.9. The highest BCUT2D eigenvalue weighted by atomic mass is 79.9. The summed E-state index contributed by atoms with van der Waals surface area (Å²) >= 11 is 5.04. The molecule has 0 aromatic heterocycles. The fourth-order valence-electron chi connectivity index (χ4n) is 1.18. The normalized spacial score (nSPS) is 10.1. The van der Waals surface area contributed by atoms with Crippen molar-refractivity contribution >= 4 is 33.7 Å². The molecule has 0 radical (unpaired) electrons. The van der Waals surface area contributed by atoms with E-state index in [-0.39, 0.29) is 5.56 Å². The first-order valence-electron chi connectivity index (χ1n) is 4.79. The maximum atomic E-state index is 10.9. The second kappa shape index (κ2) is 6.81. The molecule has 0 aliphatic rings. The van der Waals surface area contributed by atoms with Crippen molar-refractivity contribution in [2.24, 2.45) is 0 Å². The Morgan fingerprint density at radius 2 is 2.31 bits per heavy atom. The first kappa shape index (κ1) is 13.4. The number of halogens is 1. The van der Waals surface area contributed by atoms with Gasteiger partial charge in [0.2, 0.25) is 0 Å². The van der Waals surface area contributed by atoms with Crippen molar-refractivity contribution in [3.63, 3.8) is 0 Å². The largest absolute Gasteiger partial charge is 0.493 e. The SMILES string of the molecule is CSCCCOc1cc(Br)ccc1C(=O)O. The average molecular weight is 305 g/mol. The lowest BCUT2D eigenvalue weighted by atomic mass is 10.2. The van der Waals surface area contributed by atoms with Gasteiger partial charge in [0.1, 0.15) is 11.3 Å². The van der Waals surface area contributed by atoms with Crippen LogP contribution in [-0.2, 0) is 0 Å². The number of ether oxygens (including phenoxy) is 1. The molecule has 0 aliphatic carbocycles. The van der Waals surface area contributed by atoms with E-state index in [9.17, 15) is 4.79 Å². The van der Waals surface area contributed by atoms with Gasteiger partial charge in [0.05, 0.1) is 6.61 Å².